The van der Waals surface area contributed by atoms with E-state index in [4.69, 9.17) is 4.52 Å². The first-order chi connectivity index (χ1) is 11.6. The summed E-state index contributed by atoms with van der Waals surface area (Å²) < 4.78 is 5.04. The Bertz CT molecular complexity index is 919. The monoisotopic (exact) mass is 321 g/mol. The van der Waals surface area contributed by atoms with E-state index in [0.717, 1.165) is 24.2 Å². The lowest BCUT2D eigenvalue weighted by atomic mass is 10.0. The van der Waals surface area contributed by atoms with Gasteiger partial charge in [0, 0.05) is 17.1 Å². The first-order valence-corrected chi connectivity index (χ1v) is 8.16. The molecule has 3 aromatic rings. The number of aryl methyl sites for hydroxylation is 3. The number of carbonyl (C=O) groups excluding carboxylic acids is 1. The van der Waals surface area contributed by atoms with Gasteiger partial charge in [0.05, 0.1) is 5.69 Å². The normalized spacial score (nSPS) is 13.9. The van der Waals surface area contributed by atoms with E-state index >= 15 is 0 Å². The lowest BCUT2D eigenvalue weighted by molar-refractivity contribution is -0.116. The number of carbonyl (C=O) groups is 1. The van der Waals surface area contributed by atoms with E-state index in [9.17, 15) is 4.79 Å². The van der Waals surface area contributed by atoms with E-state index in [0.29, 0.717) is 5.88 Å². The third kappa shape index (κ3) is 2.52. The highest BCUT2D eigenvalue weighted by molar-refractivity contribution is 6.02. The number of nitrogens with zero attached hydrogens (tertiary/aromatic N) is 1. The minimum atomic E-state index is -0.395. The van der Waals surface area contributed by atoms with Crippen LogP contribution in [0.3, 0.4) is 0 Å². The maximum Gasteiger partial charge on any atom is 0.248 e. The predicted octanol–water partition coefficient (Wildman–Crippen LogP) is 3.67. The second-order valence-corrected chi connectivity index (χ2v) is 6.30. The third-order valence-electron chi connectivity index (χ3n) is 4.52. The van der Waals surface area contributed by atoms with Crippen molar-refractivity contribution in [3.8, 4) is 0 Å². The fourth-order valence-electron chi connectivity index (χ4n) is 3.32. The molecule has 0 radical (unpaired) electrons. The highest BCUT2D eigenvalue weighted by Crippen LogP contribution is 2.35. The molecule has 1 aliphatic carbocycles. The zero-order valence-electron chi connectivity index (χ0n) is 13.7. The van der Waals surface area contributed by atoms with Crippen molar-refractivity contribution >= 4 is 28.3 Å². The van der Waals surface area contributed by atoms with E-state index in [2.05, 4.69) is 46.1 Å². The van der Waals surface area contributed by atoms with Gasteiger partial charge in [-0.15, -0.1) is 0 Å². The number of rotatable bonds is 4. The molecule has 0 aliphatic heterocycles. The van der Waals surface area contributed by atoms with Gasteiger partial charge in [-0.25, -0.2) is 0 Å². The van der Waals surface area contributed by atoms with Gasteiger partial charge in [-0.3, -0.25) is 10.1 Å². The molecule has 0 saturated carbocycles. The van der Waals surface area contributed by atoms with Gasteiger partial charge in [-0.2, -0.15) is 0 Å². The van der Waals surface area contributed by atoms with Crippen molar-refractivity contribution < 1.29 is 9.32 Å². The molecule has 0 saturated heterocycles. The molecule has 0 spiro atoms. The van der Waals surface area contributed by atoms with Gasteiger partial charge < -0.3 is 9.84 Å². The minimum Gasteiger partial charge on any atom is -0.373 e. The van der Waals surface area contributed by atoms with Crippen molar-refractivity contribution in [2.75, 3.05) is 10.6 Å². The Hall–Kier alpha value is -2.82. The van der Waals surface area contributed by atoms with Crippen molar-refractivity contribution in [1.29, 1.82) is 0 Å². The summed E-state index contributed by atoms with van der Waals surface area (Å²) in [4.78, 5) is 12.3. The minimum absolute atomic E-state index is 0.158. The summed E-state index contributed by atoms with van der Waals surface area (Å²) in [5.41, 5.74) is 4.49. The number of nitrogens with one attached hydrogen (secondary N) is 2. The van der Waals surface area contributed by atoms with Crippen LogP contribution in [0.4, 0.5) is 11.6 Å². The second-order valence-electron chi connectivity index (χ2n) is 6.30. The average Bonchev–Trinajstić information content (AvgIpc) is 3.17. The summed E-state index contributed by atoms with van der Waals surface area (Å²) in [7, 11) is 0. The standard InChI is InChI=1S/C19H19N3O2/c1-11-10-17(24-22-11)21-19(23)12(2)20-16-9-8-14-7-6-13-4-3-5-15(16)18(13)14/h3-5,8-10,12,20H,6-7H2,1-2H3,(H,21,23)/t12-/m1/s1. The Morgan fingerprint density at radius 3 is 2.75 bits per heavy atom. The van der Waals surface area contributed by atoms with E-state index in [1.807, 2.05) is 13.8 Å². The smallest absolute Gasteiger partial charge is 0.248 e. The van der Waals surface area contributed by atoms with Crippen LogP contribution in [-0.4, -0.2) is 17.1 Å². The summed E-state index contributed by atoms with van der Waals surface area (Å²) in [6, 6.07) is 11.9. The van der Waals surface area contributed by atoms with Crippen LogP contribution in [-0.2, 0) is 17.6 Å². The predicted molar refractivity (Wildman–Crippen MR) is 94.3 cm³/mol. The van der Waals surface area contributed by atoms with Gasteiger partial charge in [0.1, 0.15) is 6.04 Å². The second kappa shape index (κ2) is 5.67. The molecule has 1 atom stereocenters. The number of amides is 1. The number of anilines is 2. The SMILES string of the molecule is Cc1cc(NC(=O)[C@@H](C)Nc2ccc3c4c(cccc24)CC3)on1. The molecule has 1 aromatic heterocycles. The summed E-state index contributed by atoms with van der Waals surface area (Å²) in [5.74, 6) is 0.209. The van der Waals surface area contributed by atoms with Crippen LogP contribution in [0.15, 0.2) is 40.9 Å². The molecule has 0 bridgehead atoms. The van der Waals surface area contributed by atoms with E-state index in [1.165, 1.54) is 21.9 Å². The molecular formula is C19H19N3O2. The molecule has 0 fully saturated rings. The molecule has 24 heavy (non-hydrogen) atoms. The Labute approximate surface area is 140 Å². The Balaban J connectivity index is 1.57. The maximum atomic E-state index is 12.3. The first kappa shape index (κ1) is 14.8. The van der Waals surface area contributed by atoms with E-state index < -0.39 is 6.04 Å². The van der Waals surface area contributed by atoms with Crippen LogP contribution < -0.4 is 10.6 Å². The zero-order chi connectivity index (χ0) is 16.7. The summed E-state index contributed by atoms with van der Waals surface area (Å²) in [6.07, 6.45) is 2.19. The molecule has 5 nitrogen and oxygen atoms in total. The fourth-order valence-corrected chi connectivity index (χ4v) is 3.32. The molecule has 122 valence electrons. The summed E-state index contributed by atoms with van der Waals surface area (Å²) in [5, 5.41) is 12.3. The topological polar surface area (TPSA) is 67.2 Å². The maximum absolute atomic E-state index is 12.3. The highest BCUT2D eigenvalue weighted by atomic mass is 16.5. The van der Waals surface area contributed by atoms with Crippen LogP contribution in [0.2, 0.25) is 0 Å². The Morgan fingerprint density at radius 2 is 2.00 bits per heavy atom. The van der Waals surface area contributed by atoms with Gasteiger partial charge in [0.15, 0.2) is 0 Å². The number of aromatic nitrogens is 1. The Morgan fingerprint density at radius 1 is 1.21 bits per heavy atom. The van der Waals surface area contributed by atoms with Crippen LogP contribution in [0.25, 0.3) is 10.8 Å². The molecule has 1 heterocycles. The first-order valence-electron chi connectivity index (χ1n) is 8.16. The average molecular weight is 321 g/mol. The largest absolute Gasteiger partial charge is 0.373 e. The van der Waals surface area contributed by atoms with Gasteiger partial charge >= 0.3 is 0 Å². The van der Waals surface area contributed by atoms with Crippen molar-refractivity contribution in [3.05, 3.63) is 53.2 Å². The Kier molecular flexibility index (Phi) is 3.49. The van der Waals surface area contributed by atoms with Crippen LogP contribution >= 0.6 is 0 Å². The lowest BCUT2D eigenvalue weighted by Gasteiger charge is -2.16. The molecule has 2 aromatic carbocycles. The quantitative estimate of drug-likeness (QED) is 0.769. The van der Waals surface area contributed by atoms with Crippen molar-refractivity contribution in [2.45, 2.75) is 32.7 Å². The van der Waals surface area contributed by atoms with Crippen LogP contribution in [0.1, 0.15) is 23.7 Å². The number of hydrogen-bond donors (Lipinski definition) is 2. The molecular weight excluding hydrogens is 302 g/mol. The molecule has 5 heteroatoms. The van der Waals surface area contributed by atoms with Crippen molar-refractivity contribution in [2.24, 2.45) is 0 Å². The van der Waals surface area contributed by atoms with Gasteiger partial charge in [0.2, 0.25) is 11.8 Å². The van der Waals surface area contributed by atoms with Crippen LogP contribution in [0, 0.1) is 6.92 Å². The zero-order valence-corrected chi connectivity index (χ0v) is 13.7. The van der Waals surface area contributed by atoms with Gasteiger partial charge in [-0.05, 0) is 49.3 Å². The highest BCUT2D eigenvalue weighted by Gasteiger charge is 2.19. The molecule has 2 N–H and O–H groups in total. The molecule has 0 unspecified atom stereocenters. The number of hydrogen-bond acceptors (Lipinski definition) is 4. The lowest BCUT2D eigenvalue weighted by Crippen LogP contribution is -2.31. The third-order valence-corrected chi connectivity index (χ3v) is 4.52. The van der Waals surface area contributed by atoms with Crippen LogP contribution in [0.5, 0.6) is 0 Å². The molecule has 4 rings (SSSR count). The van der Waals surface area contributed by atoms with Gasteiger partial charge in [-0.1, -0.05) is 29.4 Å². The summed E-state index contributed by atoms with van der Waals surface area (Å²) >= 11 is 0. The van der Waals surface area contributed by atoms with Crippen molar-refractivity contribution in [3.63, 3.8) is 0 Å². The molecule has 1 aliphatic rings. The van der Waals surface area contributed by atoms with Gasteiger partial charge in [0.25, 0.3) is 0 Å². The van der Waals surface area contributed by atoms with E-state index in [-0.39, 0.29) is 5.91 Å². The van der Waals surface area contributed by atoms with E-state index in [1.54, 1.807) is 6.07 Å². The fraction of sp³-hybridized carbons (Fsp3) is 0.263. The van der Waals surface area contributed by atoms with Crippen molar-refractivity contribution in [1.82, 2.24) is 5.16 Å². The molecule has 1 amide bonds. The number of benzene rings is 2. The summed E-state index contributed by atoms with van der Waals surface area (Å²) in [6.45, 7) is 3.65.